The lowest BCUT2D eigenvalue weighted by atomic mass is 10.3. The Bertz CT molecular complexity index is 540. The van der Waals surface area contributed by atoms with Crippen molar-refractivity contribution in [3.8, 4) is 0 Å². The molecule has 1 aliphatic heterocycles. The van der Waals surface area contributed by atoms with Crippen LogP contribution in [0.15, 0.2) is 6.07 Å². The van der Waals surface area contributed by atoms with Crippen molar-refractivity contribution < 1.29 is 19.5 Å². The van der Waals surface area contributed by atoms with Gasteiger partial charge in [0.15, 0.2) is 0 Å². The molecular formula is C11H10N2O4. The lowest BCUT2D eigenvalue weighted by Gasteiger charge is -2.15. The molecule has 6 heteroatoms. The Hall–Kier alpha value is -2.11. The molecule has 2 amide bonds. The fraction of sp³-hybridized carbons (Fsp3) is 0.364. The van der Waals surface area contributed by atoms with Crippen LogP contribution in [-0.2, 0) is 9.59 Å². The second kappa shape index (κ2) is 2.97. The molecule has 0 radical (unpaired) electrons. The van der Waals surface area contributed by atoms with Gasteiger partial charge in [-0.3, -0.25) is 9.59 Å². The van der Waals surface area contributed by atoms with Crippen molar-refractivity contribution in [3.63, 3.8) is 0 Å². The number of carboxylic acids is 1. The number of hydrogen-bond donors (Lipinski definition) is 2. The molecule has 2 heterocycles. The molecule has 1 aliphatic carbocycles. The summed E-state index contributed by atoms with van der Waals surface area (Å²) in [6.45, 7) is 1.68. The van der Waals surface area contributed by atoms with Gasteiger partial charge < -0.3 is 10.1 Å². The van der Waals surface area contributed by atoms with Crippen LogP contribution in [-0.4, -0.2) is 27.9 Å². The molecule has 2 fully saturated rings. The molecule has 3 rings (SSSR count). The number of anilines is 1. The number of H-pyrrole nitrogens is 1. The van der Waals surface area contributed by atoms with Crippen molar-refractivity contribution in [2.24, 2.45) is 11.8 Å². The summed E-state index contributed by atoms with van der Waals surface area (Å²) in [4.78, 5) is 38.3. The molecule has 2 unspecified atom stereocenters. The molecule has 17 heavy (non-hydrogen) atoms. The number of nitrogens with one attached hydrogen (secondary N) is 1. The number of aromatic amines is 1. The minimum absolute atomic E-state index is 0.106. The van der Waals surface area contributed by atoms with Gasteiger partial charge in [0.2, 0.25) is 11.8 Å². The van der Waals surface area contributed by atoms with E-state index >= 15 is 0 Å². The number of aromatic carboxylic acids is 1. The van der Waals surface area contributed by atoms with Crippen molar-refractivity contribution >= 4 is 23.5 Å². The zero-order valence-electron chi connectivity index (χ0n) is 9.06. The molecule has 6 nitrogen and oxygen atoms in total. The number of carbonyl (C=O) groups is 3. The number of fused-ring (bicyclic) bond motifs is 1. The van der Waals surface area contributed by atoms with Gasteiger partial charge >= 0.3 is 5.97 Å². The highest BCUT2D eigenvalue weighted by molar-refractivity contribution is 6.26. The van der Waals surface area contributed by atoms with Gasteiger partial charge in [-0.1, -0.05) is 0 Å². The topological polar surface area (TPSA) is 90.5 Å². The van der Waals surface area contributed by atoms with Crippen LogP contribution >= 0.6 is 0 Å². The van der Waals surface area contributed by atoms with E-state index in [2.05, 4.69) is 4.98 Å². The molecule has 2 N–H and O–H groups in total. The number of aromatic nitrogens is 1. The minimum Gasteiger partial charge on any atom is -0.477 e. The standard InChI is InChI=1S/C11H10N2O4/c1-4-2-7(8(12-4)11(16)17)13-9(14)5-3-6(5)10(13)15/h2,5-6,12H,3H2,1H3,(H,16,17). The van der Waals surface area contributed by atoms with E-state index in [1.165, 1.54) is 6.07 Å². The third kappa shape index (κ3) is 1.23. The van der Waals surface area contributed by atoms with Gasteiger partial charge in [-0.25, -0.2) is 9.69 Å². The van der Waals surface area contributed by atoms with Crippen LogP contribution < -0.4 is 4.90 Å². The van der Waals surface area contributed by atoms with E-state index in [0.29, 0.717) is 12.1 Å². The smallest absolute Gasteiger partial charge is 0.354 e. The van der Waals surface area contributed by atoms with Crippen LogP contribution in [0.2, 0.25) is 0 Å². The van der Waals surface area contributed by atoms with Crippen molar-refractivity contribution in [2.75, 3.05) is 4.90 Å². The number of carboxylic acid groups (broad SMARTS) is 1. The van der Waals surface area contributed by atoms with Crippen LogP contribution in [0.25, 0.3) is 0 Å². The Morgan fingerprint density at radius 3 is 2.53 bits per heavy atom. The second-order valence-corrected chi connectivity index (χ2v) is 4.48. The average molecular weight is 234 g/mol. The molecule has 2 atom stereocenters. The number of amides is 2. The number of rotatable bonds is 2. The van der Waals surface area contributed by atoms with Crippen LogP contribution in [0.1, 0.15) is 22.6 Å². The number of carbonyl (C=O) groups excluding carboxylic acids is 2. The molecule has 0 bridgehead atoms. The van der Waals surface area contributed by atoms with E-state index in [0.717, 1.165) is 4.90 Å². The molecule has 1 saturated carbocycles. The first-order valence-electron chi connectivity index (χ1n) is 5.31. The van der Waals surface area contributed by atoms with Crippen LogP contribution in [0.5, 0.6) is 0 Å². The third-order valence-corrected chi connectivity index (χ3v) is 3.25. The zero-order valence-corrected chi connectivity index (χ0v) is 9.06. The number of piperidine rings is 1. The number of hydrogen-bond acceptors (Lipinski definition) is 3. The summed E-state index contributed by atoms with van der Waals surface area (Å²) in [5, 5.41) is 9.01. The number of aryl methyl sites for hydroxylation is 1. The third-order valence-electron chi connectivity index (χ3n) is 3.25. The number of imide groups is 1. The SMILES string of the molecule is Cc1cc(N2C(=O)C3CC3C2=O)c(C(=O)O)[nH]1. The van der Waals surface area contributed by atoms with Gasteiger partial charge in [-0.05, 0) is 19.4 Å². The molecule has 1 aromatic heterocycles. The maximum absolute atomic E-state index is 11.8. The summed E-state index contributed by atoms with van der Waals surface area (Å²) < 4.78 is 0. The van der Waals surface area contributed by atoms with Crippen LogP contribution in [0, 0.1) is 18.8 Å². The fourth-order valence-corrected chi connectivity index (χ4v) is 2.33. The summed E-state index contributed by atoms with van der Waals surface area (Å²) >= 11 is 0. The largest absolute Gasteiger partial charge is 0.477 e. The molecular weight excluding hydrogens is 224 g/mol. The summed E-state index contributed by atoms with van der Waals surface area (Å²) in [5.41, 5.74) is 0.668. The van der Waals surface area contributed by atoms with E-state index in [1.807, 2.05) is 0 Å². The van der Waals surface area contributed by atoms with Gasteiger partial charge in [0, 0.05) is 5.69 Å². The van der Waals surface area contributed by atoms with Gasteiger partial charge in [-0.15, -0.1) is 0 Å². The summed E-state index contributed by atoms with van der Waals surface area (Å²) in [6.07, 6.45) is 0.611. The molecule has 1 aromatic rings. The molecule has 0 aromatic carbocycles. The predicted octanol–water partition coefficient (Wildman–Crippen LogP) is 0.531. The highest BCUT2D eigenvalue weighted by Gasteiger charge is 2.59. The van der Waals surface area contributed by atoms with E-state index in [4.69, 9.17) is 5.11 Å². The maximum atomic E-state index is 11.8. The highest BCUT2D eigenvalue weighted by atomic mass is 16.4. The lowest BCUT2D eigenvalue weighted by Crippen LogP contribution is -2.33. The Balaban J connectivity index is 2.07. The molecule has 88 valence electrons. The van der Waals surface area contributed by atoms with Crippen molar-refractivity contribution in [1.82, 2.24) is 4.98 Å². The van der Waals surface area contributed by atoms with Gasteiger partial charge in [-0.2, -0.15) is 0 Å². The first-order chi connectivity index (χ1) is 8.00. The van der Waals surface area contributed by atoms with E-state index in [1.54, 1.807) is 6.92 Å². The summed E-state index contributed by atoms with van der Waals surface area (Å²) in [6, 6.07) is 1.52. The fourth-order valence-electron chi connectivity index (χ4n) is 2.33. The first kappa shape index (κ1) is 10.1. The predicted molar refractivity (Wildman–Crippen MR) is 56.6 cm³/mol. The Labute approximate surface area is 96.2 Å². The Kier molecular flexibility index (Phi) is 1.76. The highest BCUT2D eigenvalue weighted by Crippen LogP contribution is 2.48. The van der Waals surface area contributed by atoms with Crippen LogP contribution in [0.3, 0.4) is 0 Å². The van der Waals surface area contributed by atoms with Crippen molar-refractivity contribution in [3.05, 3.63) is 17.5 Å². The Morgan fingerprint density at radius 1 is 1.41 bits per heavy atom. The van der Waals surface area contributed by atoms with Gasteiger partial charge in [0.25, 0.3) is 0 Å². The molecule has 2 aliphatic rings. The summed E-state index contributed by atoms with van der Waals surface area (Å²) in [7, 11) is 0. The maximum Gasteiger partial charge on any atom is 0.354 e. The quantitative estimate of drug-likeness (QED) is 0.730. The van der Waals surface area contributed by atoms with Crippen LogP contribution in [0.4, 0.5) is 5.69 Å². The average Bonchev–Trinajstić information content (AvgIpc) is 2.90. The summed E-state index contributed by atoms with van der Waals surface area (Å²) in [5.74, 6) is -2.17. The molecule has 1 saturated heterocycles. The van der Waals surface area contributed by atoms with Crippen molar-refractivity contribution in [2.45, 2.75) is 13.3 Å². The van der Waals surface area contributed by atoms with E-state index < -0.39 is 5.97 Å². The van der Waals surface area contributed by atoms with Crippen molar-refractivity contribution in [1.29, 1.82) is 0 Å². The van der Waals surface area contributed by atoms with E-state index in [9.17, 15) is 14.4 Å². The first-order valence-corrected chi connectivity index (χ1v) is 5.31. The van der Waals surface area contributed by atoms with Gasteiger partial charge in [0.05, 0.1) is 17.5 Å². The second-order valence-electron chi connectivity index (χ2n) is 4.48. The molecule has 0 spiro atoms. The van der Waals surface area contributed by atoms with E-state index in [-0.39, 0.29) is 35.0 Å². The monoisotopic (exact) mass is 234 g/mol. The Morgan fingerprint density at radius 2 is 2.00 bits per heavy atom. The lowest BCUT2D eigenvalue weighted by molar-refractivity contribution is -0.123. The normalized spacial score (nSPS) is 26.3. The number of nitrogens with zero attached hydrogens (tertiary/aromatic N) is 1. The minimum atomic E-state index is -1.17. The zero-order chi connectivity index (χ0) is 12.3. The van der Waals surface area contributed by atoms with Gasteiger partial charge in [0.1, 0.15) is 5.69 Å².